The van der Waals surface area contributed by atoms with E-state index in [1.165, 1.54) is 6.07 Å². The molecular weight excluding hydrogens is 406 g/mol. The summed E-state index contributed by atoms with van der Waals surface area (Å²) in [4.78, 5) is 24.3. The van der Waals surface area contributed by atoms with Crippen molar-refractivity contribution in [1.82, 2.24) is 0 Å². The topological polar surface area (TPSA) is 85.2 Å². The number of carbonyl (C=O) groups excluding carboxylic acids is 1. The summed E-state index contributed by atoms with van der Waals surface area (Å²) in [6, 6.07) is 9.81. The van der Waals surface area contributed by atoms with E-state index in [0.717, 1.165) is 5.56 Å². The van der Waals surface area contributed by atoms with Crippen LogP contribution in [0.3, 0.4) is 0 Å². The summed E-state index contributed by atoms with van der Waals surface area (Å²) in [5, 5.41) is 14.2. The van der Waals surface area contributed by atoms with Crippen LogP contribution in [0.5, 0.6) is 11.5 Å². The van der Waals surface area contributed by atoms with Gasteiger partial charge >= 0.3 is 0 Å². The first kappa shape index (κ1) is 22.0. The van der Waals surface area contributed by atoms with Crippen molar-refractivity contribution < 1.29 is 19.4 Å². The van der Waals surface area contributed by atoms with E-state index in [-0.39, 0.29) is 28.6 Å². The predicted molar refractivity (Wildman–Crippen MR) is 117 cm³/mol. The lowest BCUT2D eigenvalue weighted by molar-refractivity contribution is -0.158. The second-order valence-corrected chi connectivity index (χ2v) is 8.59. The first-order valence-electron chi connectivity index (χ1n) is 9.63. The largest absolute Gasteiger partial charge is 0.508 e. The summed E-state index contributed by atoms with van der Waals surface area (Å²) in [5.74, 6) is 0.194. The second-order valence-electron chi connectivity index (χ2n) is 8.15. The van der Waals surface area contributed by atoms with E-state index in [1.807, 2.05) is 13.0 Å². The Hall–Kier alpha value is -2.70. The number of nitrogens with zero attached hydrogens (tertiary/aromatic N) is 1. The number of rotatable bonds is 5. The van der Waals surface area contributed by atoms with Crippen LogP contribution in [0.15, 0.2) is 47.3 Å². The minimum atomic E-state index is -1.10. The van der Waals surface area contributed by atoms with E-state index in [0.29, 0.717) is 22.8 Å². The lowest BCUT2D eigenvalue weighted by Gasteiger charge is -2.40. The summed E-state index contributed by atoms with van der Waals surface area (Å²) in [6.07, 6.45) is 0.642. The maximum Gasteiger partial charge on any atom is 0.198 e. The zero-order chi connectivity index (χ0) is 22.3. The Bertz CT molecular complexity index is 1060. The van der Waals surface area contributed by atoms with Crippen molar-refractivity contribution in [3.63, 3.8) is 0 Å². The first-order valence-corrected chi connectivity index (χ1v) is 10.0. The number of nitroso groups, excluding NO2 is 1. The number of ether oxygens (including phenoxy) is 2. The Morgan fingerprint density at radius 1 is 1.10 bits per heavy atom. The van der Waals surface area contributed by atoms with Crippen LogP contribution in [0.2, 0.25) is 5.02 Å². The molecule has 158 valence electrons. The number of hydrogen-bond acceptors (Lipinski definition) is 6. The highest BCUT2D eigenvalue weighted by atomic mass is 35.5. The number of benzene rings is 2. The highest BCUT2D eigenvalue weighted by Gasteiger charge is 2.47. The molecule has 2 aromatic rings. The third kappa shape index (κ3) is 3.98. The Kier molecular flexibility index (Phi) is 5.76. The zero-order valence-corrected chi connectivity index (χ0v) is 18.3. The molecule has 0 aromatic heterocycles. The van der Waals surface area contributed by atoms with Gasteiger partial charge in [-0.15, -0.1) is 4.91 Å². The van der Waals surface area contributed by atoms with Crippen molar-refractivity contribution >= 4 is 28.6 Å². The predicted octanol–water partition coefficient (Wildman–Crippen LogP) is 6.52. The summed E-state index contributed by atoms with van der Waals surface area (Å²) in [5.41, 5.74) is -0.414. The van der Waals surface area contributed by atoms with Crippen molar-refractivity contribution in [2.75, 3.05) is 0 Å². The van der Waals surface area contributed by atoms with Gasteiger partial charge in [0.15, 0.2) is 17.2 Å². The molecule has 1 aliphatic heterocycles. The minimum absolute atomic E-state index is 0.0649. The molecule has 0 bridgehead atoms. The van der Waals surface area contributed by atoms with Gasteiger partial charge in [0.1, 0.15) is 22.7 Å². The van der Waals surface area contributed by atoms with Crippen molar-refractivity contribution in [2.45, 2.75) is 52.2 Å². The van der Waals surface area contributed by atoms with Crippen LogP contribution in [0, 0.1) is 4.91 Å². The Morgan fingerprint density at radius 3 is 2.43 bits per heavy atom. The molecule has 1 aliphatic rings. The van der Waals surface area contributed by atoms with Crippen LogP contribution in [0.25, 0.3) is 5.57 Å². The van der Waals surface area contributed by atoms with E-state index in [1.54, 1.807) is 52.0 Å². The number of ketones is 1. The average molecular weight is 430 g/mol. The Morgan fingerprint density at radius 2 is 1.80 bits per heavy atom. The van der Waals surface area contributed by atoms with Gasteiger partial charge in [-0.2, -0.15) is 0 Å². The number of Topliss-reactive ketones (excluding diaryl/α,β-unsaturated/α-hetero) is 1. The second kappa shape index (κ2) is 7.85. The van der Waals surface area contributed by atoms with E-state index < -0.39 is 11.2 Å². The van der Waals surface area contributed by atoms with Gasteiger partial charge < -0.3 is 14.6 Å². The van der Waals surface area contributed by atoms with Crippen molar-refractivity contribution in [3.8, 4) is 11.5 Å². The average Bonchev–Trinajstić information content (AvgIpc) is 2.68. The summed E-state index contributed by atoms with van der Waals surface area (Å²) in [6.45, 7) is 8.78. The van der Waals surface area contributed by atoms with Crippen LogP contribution in [0.1, 0.15) is 45.7 Å². The maximum atomic E-state index is 13.2. The molecule has 0 radical (unpaired) electrons. The molecule has 6 nitrogen and oxygen atoms in total. The molecule has 1 heterocycles. The monoisotopic (exact) mass is 429 g/mol. The third-order valence-corrected chi connectivity index (χ3v) is 5.31. The SMILES string of the molecule is CCc1ccc(Oc2ccc(Cl)cc2N=O)cc1C1=C(O)C(C)(C)OC(C)(C)C1=O. The van der Waals surface area contributed by atoms with Gasteiger partial charge in [-0.1, -0.05) is 24.6 Å². The molecule has 30 heavy (non-hydrogen) atoms. The smallest absolute Gasteiger partial charge is 0.198 e. The van der Waals surface area contributed by atoms with E-state index in [9.17, 15) is 14.8 Å². The van der Waals surface area contributed by atoms with E-state index in [4.69, 9.17) is 21.1 Å². The Balaban J connectivity index is 2.14. The lowest BCUT2D eigenvalue weighted by Crippen LogP contribution is -2.49. The molecule has 1 N–H and O–H groups in total. The normalized spacial score (nSPS) is 17.7. The zero-order valence-electron chi connectivity index (χ0n) is 17.6. The molecular formula is C23H24ClNO5. The quantitative estimate of drug-likeness (QED) is 0.547. The molecule has 0 spiro atoms. The number of aryl methyl sites for hydroxylation is 1. The van der Waals surface area contributed by atoms with E-state index in [2.05, 4.69) is 5.18 Å². The van der Waals surface area contributed by atoms with Gasteiger partial charge in [0.2, 0.25) is 0 Å². The third-order valence-electron chi connectivity index (χ3n) is 5.07. The molecule has 0 fully saturated rings. The molecule has 2 aromatic carbocycles. The summed E-state index contributed by atoms with van der Waals surface area (Å²) in [7, 11) is 0. The van der Waals surface area contributed by atoms with Gasteiger partial charge in [0, 0.05) is 5.02 Å². The standard InChI is InChI=1S/C23H24ClNO5/c1-6-13-7-9-15(29-18-10-8-14(24)11-17(18)25-28)12-16(13)19-20(26)22(2,3)30-23(4,5)21(19)27/h7-12,26H,6H2,1-5H3. The number of carbonyl (C=O) groups is 1. The molecule has 0 aliphatic carbocycles. The van der Waals surface area contributed by atoms with Crippen LogP contribution in [-0.4, -0.2) is 22.1 Å². The van der Waals surface area contributed by atoms with Crippen LogP contribution < -0.4 is 4.74 Å². The minimum Gasteiger partial charge on any atom is -0.508 e. The van der Waals surface area contributed by atoms with Gasteiger partial charge in [-0.05, 0) is 80.8 Å². The summed E-state index contributed by atoms with van der Waals surface area (Å²) >= 11 is 5.91. The number of hydrogen-bond donors (Lipinski definition) is 1. The van der Waals surface area contributed by atoms with Gasteiger partial charge in [-0.25, -0.2) is 0 Å². The summed E-state index contributed by atoms with van der Waals surface area (Å²) < 4.78 is 11.7. The Labute approximate surface area is 180 Å². The van der Waals surface area contributed by atoms with Gasteiger partial charge in [0.05, 0.1) is 5.57 Å². The highest BCUT2D eigenvalue weighted by molar-refractivity contribution is 6.30. The fraction of sp³-hybridized carbons (Fsp3) is 0.348. The molecule has 0 saturated carbocycles. The molecule has 0 unspecified atom stereocenters. The van der Waals surface area contributed by atoms with Gasteiger partial charge in [0.25, 0.3) is 0 Å². The van der Waals surface area contributed by atoms with Crippen molar-refractivity contribution in [2.24, 2.45) is 5.18 Å². The molecule has 0 atom stereocenters. The van der Waals surface area contributed by atoms with Crippen LogP contribution >= 0.6 is 11.6 Å². The van der Waals surface area contributed by atoms with Crippen LogP contribution in [0.4, 0.5) is 5.69 Å². The number of aliphatic hydroxyl groups excluding tert-OH is 1. The number of halogens is 1. The molecule has 7 heteroatoms. The number of aliphatic hydroxyl groups is 1. The fourth-order valence-corrected chi connectivity index (χ4v) is 3.79. The molecule has 0 saturated heterocycles. The van der Waals surface area contributed by atoms with Gasteiger partial charge in [-0.3, -0.25) is 4.79 Å². The van der Waals surface area contributed by atoms with Crippen molar-refractivity contribution in [3.05, 3.63) is 63.2 Å². The van der Waals surface area contributed by atoms with Crippen molar-refractivity contribution in [1.29, 1.82) is 0 Å². The molecule has 0 amide bonds. The first-order chi connectivity index (χ1) is 14.0. The highest BCUT2D eigenvalue weighted by Crippen LogP contribution is 2.42. The fourth-order valence-electron chi connectivity index (χ4n) is 3.63. The van der Waals surface area contributed by atoms with Crippen LogP contribution in [-0.2, 0) is 16.0 Å². The molecule has 3 rings (SSSR count). The maximum absolute atomic E-state index is 13.2. The van der Waals surface area contributed by atoms with E-state index >= 15 is 0 Å². The lowest BCUT2D eigenvalue weighted by atomic mass is 9.81.